The van der Waals surface area contributed by atoms with Gasteiger partial charge in [0.05, 0.1) is 0 Å². The summed E-state index contributed by atoms with van der Waals surface area (Å²) in [5.41, 5.74) is -0.698. The Labute approximate surface area is 71.1 Å². The molecule has 2 unspecified atom stereocenters. The molecule has 0 aromatic heterocycles. The second-order valence-electron chi connectivity index (χ2n) is 3.90. The molecule has 2 aliphatic rings. The number of ketones is 1. The third-order valence-electron chi connectivity index (χ3n) is 2.76. The molecule has 66 valence electrons. The van der Waals surface area contributed by atoms with Crippen LogP contribution < -0.4 is 0 Å². The number of hydrogen-bond acceptors (Lipinski definition) is 3. The third-order valence-corrected chi connectivity index (χ3v) is 2.76. The fraction of sp³-hybridized carbons (Fsp3) is 0.778. The first-order valence-corrected chi connectivity index (χ1v) is 4.37. The Hall–Kier alpha value is -0.860. The zero-order valence-electron chi connectivity index (χ0n) is 7.13. The monoisotopic (exact) mass is 168 g/mol. The molecule has 3 nitrogen and oxygen atoms in total. The van der Waals surface area contributed by atoms with Crippen molar-refractivity contribution >= 4 is 11.8 Å². The summed E-state index contributed by atoms with van der Waals surface area (Å²) >= 11 is 0. The highest BCUT2D eigenvalue weighted by atomic mass is 16.6. The Morgan fingerprint density at radius 3 is 2.67 bits per heavy atom. The largest absolute Gasteiger partial charge is 0.451 e. The Kier molecular flexibility index (Phi) is 1.50. The number of carbonyl (C=O) groups excluding carboxylic acids is 2. The SMILES string of the molecule is CC1CC(=O)C2(CCC(=O)O2)C1. The Morgan fingerprint density at radius 1 is 1.50 bits per heavy atom. The van der Waals surface area contributed by atoms with Gasteiger partial charge in [0.25, 0.3) is 0 Å². The maximum Gasteiger partial charge on any atom is 0.306 e. The van der Waals surface area contributed by atoms with Crippen molar-refractivity contribution in [2.75, 3.05) is 0 Å². The summed E-state index contributed by atoms with van der Waals surface area (Å²) in [6.07, 6.45) is 2.33. The molecule has 1 saturated carbocycles. The molecule has 1 aliphatic heterocycles. The average Bonchev–Trinajstić information content (AvgIpc) is 2.43. The molecule has 12 heavy (non-hydrogen) atoms. The minimum atomic E-state index is -0.698. The van der Waals surface area contributed by atoms with Crippen molar-refractivity contribution in [3.63, 3.8) is 0 Å². The van der Waals surface area contributed by atoms with Gasteiger partial charge in [0.1, 0.15) is 0 Å². The highest BCUT2D eigenvalue weighted by Gasteiger charge is 2.51. The molecule has 0 N–H and O–H groups in total. The number of carbonyl (C=O) groups is 2. The summed E-state index contributed by atoms with van der Waals surface area (Å²) in [5, 5.41) is 0. The second-order valence-corrected chi connectivity index (χ2v) is 3.90. The predicted octanol–water partition coefficient (Wildman–Crippen LogP) is 1.06. The molecule has 0 bridgehead atoms. The highest BCUT2D eigenvalue weighted by Crippen LogP contribution is 2.41. The van der Waals surface area contributed by atoms with Crippen LogP contribution in [0, 0.1) is 5.92 Å². The molecular formula is C9H12O3. The minimum Gasteiger partial charge on any atom is -0.451 e. The van der Waals surface area contributed by atoms with Crippen molar-refractivity contribution in [3.8, 4) is 0 Å². The van der Waals surface area contributed by atoms with E-state index in [2.05, 4.69) is 0 Å². The molecular weight excluding hydrogens is 156 g/mol. The molecule has 3 heteroatoms. The van der Waals surface area contributed by atoms with Crippen molar-refractivity contribution in [1.29, 1.82) is 0 Å². The molecule has 2 rings (SSSR count). The van der Waals surface area contributed by atoms with Gasteiger partial charge in [-0.3, -0.25) is 9.59 Å². The van der Waals surface area contributed by atoms with E-state index in [0.29, 0.717) is 25.2 Å². The summed E-state index contributed by atoms with van der Waals surface area (Å²) in [7, 11) is 0. The molecule has 0 aromatic carbocycles. The van der Waals surface area contributed by atoms with Gasteiger partial charge in [-0.05, 0) is 12.3 Å². The number of hydrogen-bond donors (Lipinski definition) is 0. The van der Waals surface area contributed by atoms with Crippen LogP contribution in [0.3, 0.4) is 0 Å². The van der Waals surface area contributed by atoms with Crippen molar-refractivity contribution in [2.24, 2.45) is 5.92 Å². The van der Waals surface area contributed by atoms with Crippen molar-refractivity contribution in [2.45, 2.75) is 38.2 Å². The Morgan fingerprint density at radius 2 is 2.25 bits per heavy atom. The van der Waals surface area contributed by atoms with Crippen LogP contribution >= 0.6 is 0 Å². The average molecular weight is 168 g/mol. The summed E-state index contributed by atoms with van der Waals surface area (Å²) in [6, 6.07) is 0. The summed E-state index contributed by atoms with van der Waals surface area (Å²) in [4.78, 5) is 22.4. The van der Waals surface area contributed by atoms with Gasteiger partial charge < -0.3 is 4.74 Å². The van der Waals surface area contributed by atoms with Crippen LogP contribution in [-0.4, -0.2) is 17.4 Å². The van der Waals surface area contributed by atoms with E-state index in [9.17, 15) is 9.59 Å². The number of ether oxygens (including phenoxy) is 1. The standard InChI is InChI=1S/C9H12O3/c1-6-4-7(10)9(5-6)3-2-8(11)12-9/h6H,2-5H2,1H3. The minimum absolute atomic E-state index is 0.126. The van der Waals surface area contributed by atoms with Crippen molar-refractivity contribution in [1.82, 2.24) is 0 Å². The van der Waals surface area contributed by atoms with Crippen LogP contribution in [0.15, 0.2) is 0 Å². The zero-order valence-corrected chi connectivity index (χ0v) is 7.13. The normalized spacial score (nSPS) is 40.9. The third kappa shape index (κ3) is 0.958. The summed E-state index contributed by atoms with van der Waals surface area (Å²) < 4.78 is 5.10. The Balaban J connectivity index is 2.22. The molecule has 0 amide bonds. The van der Waals surface area contributed by atoms with Crippen LogP contribution in [-0.2, 0) is 14.3 Å². The maximum atomic E-state index is 11.5. The lowest BCUT2D eigenvalue weighted by molar-refractivity contribution is -0.155. The van der Waals surface area contributed by atoms with Crippen LogP contribution in [0.5, 0.6) is 0 Å². The summed E-state index contributed by atoms with van der Waals surface area (Å²) in [6.45, 7) is 2.03. The van der Waals surface area contributed by atoms with Crippen molar-refractivity contribution < 1.29 is 14.3 Å². The molecule has 1 heterocycles. The highest BCUT2D eigenvalue weighted by molar-refractivity contribution is 5.94. The predicted molar refractivity (Wildman–Crippen MR) is 41.5 cm³/mol. The van der Waals surface area contributed by atoms with Gasteiger partial charge in [0, 0.05) is 19.3 Å². The van der Waals surface area contributed by atoms with Gasteiger partial charge in [-0.25, -0.2) is 0 Å². The molecule has 1 aliphatic carbocycles. The van der Waals surface area contributed by atoms with E-state index in [1.807, 2.05) is 6.92 Å². The quantitative estimate of drug-likeness (QED) is 0.508. The molecule has 0 radical (unpaired) electrons. The first-order chi connectivity index (χ1) is 5.62. The summed E-state index contributed by atoms with van der Waals surface area (Å²) in [5.74, 6) is 0.293. The van der Waals surface area contributed by atoms with E-state index in [4.69, 9.17) is 4.74 Å². The molecule has 1 saturated heterocycles. The van der Waals surface area contributed by atoms with Crippen LogP contribution in [0.2, 0.25) is 0 Å². The van der Waals surface area contributed by atoms with Gasteiger partial charge in [-0.2, -0.15) is 0 Å². The number of esters is 1. The van der Waals surface area contributed by atoms with Gasteiger partial charge in [-0.15, -0.1) is 0 Å². The molecule has 1 spiro atoms. The van der Waals surface area contributed by atoms with E-state index < -0.39 is 5.60 Å². The van der Waals surface area contributed by atoms with Gasteiger partial charge in [0.15, 0.2) is 11.4 Å². The van der Waals surface area contributed by atoms with E-state index in [0.717, 1.165) is 6.42 Å². The smallest absolute Gasteiger partial charge is 0.306 e. The maximum absolute atomic E-state index is 11.5. The van der Waals surface area contributed by atoms with E-state index >= 15 is 0 Å². The fourth-order valence-electron chi connectivity index (χ4n) is 2.22. The second kappa shape index (κ2) is 2.31. The zero-order chi connectivity index (χ0) is 8.77. The lowest BCUT2D eigenvalue weighted by Crippen LogP contribution is -2.33. The van der Waals surface area contributed by atoms with Crippen LogP contribution in [0.1, 0.15) is 32.6 Å². The van der Waals surface area contributed by atoms with Gasteiger partial charge >= 0.3 is 5.97 Å². The first kappa shape index (κ1) is 7.77. The first-order valence-electron chi connectivity index (χ1n) is 4.37. The molecule has 0 aromatic rings. The van der Waals surface area contributed by atoms with E-state index in [1.165, 1.54) is 0 Å². The molecule has 2 atom stereocenters. The van der Waals surface area contributed by atoms with Crippen molar-refractivity contribution in [3.05, 3.63) is 0 Å². The topological polar surface area (TPSA) is 43.4 Å². The Bertz CT molecular complexity index is 246. The number of rotatable bonds is 0. The van der Waals surface area contributed by atoms with Gasteiger partial charge in [-0.1, -0.05) is 6.92 Å². The van der Waals surface area contributed by atoms with E-state index in [1.54, 1.807) is 0 Å². The lowest BCUT2D eigenvalue weighted by Gasteiger charge is -2.19. The number of Topliss-reactive ketones (excluding diaryl/α,β-unsaturated/α-hetero) is 1. The van der Waals surface area contributed by atoms with Gasteiger partial charge in [0.2, 0.25) is 0 Å². The van der Waals surface area contributed by atoms with Crippen LogP contribution in [0.25, 0.3) is 0 Å². The van der Waals surface area contributed by atoms with Crippen LogP contribution in [0.4, 0.5) is 0 Å². The lowest BCUT2D eigenvalue weighted by atomic mass is 9.96. The molecule has 2 fully saturated rings. The van der Waals surface area contributed by atoms with E-state index in [-0.39, 0.29) is 11.8 Å². The fourth-order valence-corrected chi connectivity index (χ4v) is 2.22.